The van der Waals surface area contributed by atoms with E-state index in [1.165, 1.54) is 18.2 Å². The second kappa shape index (κ2) is 5.79. The van der Waals surface area contributed by atoms with Gasteiger partial charge in [-0.25, -0.2) is 0 Å². The lowest BCUT2D eigenvalue weighted by Crippen LogP contribution is -2.17. The Hall–Kier alpha value is -2.76. The van der Waals surface area contributed by atoms with E-state index in [1.54, 1.807) is 12.3 Å². The predicted octanol–water partition coefficient (Wildman–Crippen LogP) is 4.47. The summed E-state index contributed by atoms with van der Waals surface area (Å²) in [6.45, 7) is 0. The Balaban J connectivity index is 1.87. The molecular weight excluding hydrogens is 307 g/mol. The third-order valence-electron chi connectivity index (χ3n) is 3.45. The van der Waals surface area contributed by atoms with Crippen molar-refractivity contribution in [1.82, 2.24) is 4.98 Å². The van der Waals surface area contributed by atoms with Crippen molar-refractivity contribution in [3.05, 3.63) is 65.4 Å². The van der Waals surface area contributed by atoms with E-state index in [2.05, 4.69) is 9.72 Å². The molecule has 0 saturated carbocycles. The number of carbonyl (C=O) groups is 1. The zero-order chi connectivity index (χ0) is 16.4. The number of H-pyrrole nitrogens is 1. The van der Waals surface area contributed by atoms with Crippen molar-refractivity contribution < 1.29 is 22.7 Å². The molecule has 0 aliphatic heterocycles. The first-order valence-electron chi connectivity index (χ1n) is 6.84. The summed E-state index contributed by atoms with van der Waals surface area (Å²) in [6, 6.07) is 11.4. The molecule has 1 N–H and O–H groups in total. The average Bonchev–Trinajstić information content (AvgIpc) is 2.88. The van der Waals surface area contributed by atoms with E-state index in [1.807, 2.05) is 18.2 Å². The Morgan fingerprint density at radius 3 is 2.61 bits per heavy atom. The lowest BCUT2D eigenvalue weighted by Gasteiger charge is -2.10. The van der Waals surface area contributed by atoms with Gasteiger partial charge in [0.25, 0.3) is 0 Å². The summed E-state index contributed by atoms with van der Waals surface area (Å²) in [5.74, 6) is -0.244. The van der Waals surface area contributed by atoms with Crippen molar-refractivity contribution >= 4 is 17.2 Å². The number of benzene rings is 2. The third kappa shape index (κ3) is 3.53. The van der Waals surface area contributed by atoms with Gasteiger partial charge in [-0.3, -0.25) is 4.79 Å². The van der Waals surface area contributed by atoms with Crippen LogP contribution in [0.4, 0.5) is 13.2 Å². The van der Waals surface area contributed by atoms with Crippen molar-refractivity contribution in [2.45, 2.75) is 12.8 Å². The summed E-state index contributed by atoms with van der Waals surface area (Å²) in [6.07, 6.45) is -1.88. The average molecular weight is 319 g/mol. The van der Waals surface area contributed by atoms with Gasteiger partial charge in [-0.15, -0.1) is 13.2 Å². The zero-order valence-corrected chi connectivity index (χ0v) is 11.9. The number of rotatable bonds is 4. The van der Waals surface area contributed by atoms with Gasteiger partial charge >= 0.3 is 6.36 Å². The number of aldehydes is 1. The molecule has 1 heterocycles. The molecule has 6 heteroatoms. The fourth-order valence-corrected chi connectivity index (χ4v) is 2.49. The largest absolute Gasteiger partial charge is 0.573 e. The van der Waals surface area contributed by atoms with Crippen molar-refractivity contribution in [2.24, 2.45) is 0 Å². The first kappa shape index (κ1) is 15.1. The predicted molar refractivity (Wildman–Crippen MR) is 79.6 cm³/mol. The maximum atomic E-state index is 12.3. The molecule has 3 aromatic rings. The van der Waals surface area contributed by atoms with Gasteiger partial charge in [0.15, 0.2) is 6.29 Å². The maximum Gasteiger partial charge on any atom is 0.573 e. The minimum absolute atomic E-state index is 0.244. The maximum absolute atomic E-state index is 12.3. The molecule has 0 spiro atoms. The van der Waals surface area contributed by atoms with Gasteiger partial charge in [-0.2, -0.15) is 0 Å². The summed E-state index contributed by atoms with van der Waals surface area (Å²) >= 11 is 0. The minimum Gasteiger partial charge on any atom is -0.406 e. The number of hydrogen-bond acceptors (Lipinski definition) is 2. The van der Waals surface area contributed by atoms with Crippen LogP contribution in [0.1, 0.15) is 21.5 Å². The molecular formula is C17H12F3NO2. The first-order chi connectivity index (χ1) is 10.9. The minimum atomic E-state index is -4.71. The third-order valence-corrected chi connectivity index (χ3v) is 3.45. The monoisotopic (exact) mass is 319 g/mol. The number of alkyl halides is 3. The molecule has 0 amide bonds. The molecule has 3 nitrogen and oxygen atoms in total. The number of hydrogen-bond donors (Lipinski definition) is 1. The van der Waals surface area contributed by atoms with Crippen LogP contribution in [0.5, 0.6) is 5.75 Å². The van der Waals surface area contributed by atoms with E-state index in [0.717, 1.165) is 22.8 Å². The van der Waals surface area contributed by atoms with Crippen molar-refractivity contribution in [3.63, 3.8) is 0 Å². The molecule has 0 saturated heterocycles. The van der Waals surface area contributed by atoms with Crippen LogP contribution in [0.15, 0.2) is 48.7 Å². The number of fused-ring (bicyclic) bond motifs is 1. The molecule has 0 radical (unpaired) electrons. The summed E-state index contributed by atoms with van der Waals surface area (Å²) in [4.78, 5) is 14.0. The van der Waals surface area contributed by atoms with Crippen LogP contribution in [0.25, 0.3) is 10.9 Å². The zero-order valence-electron chi connectivity index (χ0n) is 11.9. The molecule has 0 aliphatic carbocycles. The Kier molecular flexibility index (Phi) is 3.82. The molecule has 23 heavy (non-hydrogen) atoms. The first-order valence-corrected chi connectivity index (χ1v) is 6.84. The van der Waals surface area contributed by atoms with Crippen molar-refractivity contribution in [1.29, 1.82) is 0 Å². The summed E-state index contributed by atoms with van der Waals surface area (Å²) < 4.78 is 40.7. The molecule has 0 fully saturated rings. The fourth-order valence-electron chi connectivity index (χ4n) is 2.49. The molecule has 0 atom stereocenters. The van der Waals surface area contributed by atoms with Crippen LogP contribution >= 0.6 is 0 Å². The van der Waals surface area contributed by atoms with E-state index >= 15 is 0 Å². The molecule has 0 aliphatic rings. The van der Waals surface area contributed by atoms with Gasteiger partial charge in [0, 0.05) is 22.7 Å². The summed E-state index contributed by atoms with van der Waals surface area (Å²) in [7, 11) is 0. The quantitative estimate of drug-likeness (QED) is 0.721. The van der Waals surface area contributed by atoms with Crippen LogP contribution < -0.4 is 4.74 Å². The smallest absolute Gasteiger partial charge is 0.406 e. The van der Waals surface area contributed by atoms with E-state index in [0.29, 0.717) is 17.5 Å². The standard InChI is InChI=1S/C17H12F3NO2/c18-17(19,20)23-14-3-1-2-11(7-14)6-12-4-5-16-15(8-12)13(10-22)9-21-16/h1-5,7-10,21H,6H2. The van der Waals surface area contributed by atoms with Crippen molar-refractivity contribution in [2.75, 3.05) is 0 Å². The van der Waals surface area contributed by atoms with Gasteiger partial charge in [-0.1, -0.05) is 18.2 Å². The molecule has 0 bridgehead atoms. The van der Waals surface area contributed by atoms with Gasteiger partial charge in [-0.05, 0) is 41.8 Å². The van der Waals surface area contributed by atoms with E-state index in [4.69, 9.17) is 0 Å². The number of aromatic amines is 1. The number of nitrogens with one attached hydrogen (secondary N) is 1. The summed E-state index contributed by atoms with van der Waals surface area (Å²) in [5, 5.41) is 0.792. The summed E-state index contributed by atoms with van der Waals surface area (Å²) in [5.41, 5.74) is 2.97. The number of ether oxygens (including phenoxy) is 1. The van der Waals surface area contributed by atoms with Crippen LogP contribution in [0.3, 0.4) is 0 Å². The Morgan fingerprint density at radius 1 is 1.09 bits per heavy atom. The van der Waals surface area contributed by atoms with E-state index in [-0.39, 0.29) is 5.75 Å². The Morgan fingerprint density at radius 2 is 1.87 bits per heavy atom. The highest BCUT2D eigenvalue weighted by Crippen LogP contribution is 2.25. The van der Waals surface area contributed by atoms with Gasteiger partial charge in [0.2, 0.25) is 0 Å². The normalized spacial score (nSPS) is 11.6. The van der Waals surface area contributed by atoms with Gasteiger partial charge in [0.05, 0.1) is 0 Å². The second-order valence-electron chi connectivity index (χ2n) is 5.11. The van der Waals surface area contributed by atoms with E-state index < -0.39 is 6.36 Å². The highest BCUT2D eigenvalue weighted by Gasteiger charge is 2.31. The topological polar surface area (TPSA) is 42.1 Å². The molecule has 118 valence electrons. The Bertz CT molecular complexity index is 852. The van der Waals surface area contributed by atoms with Crippen LogP contribution in [0, 0.1) is 0 Å². The molecule has 1 aromatic heterocycles. The molecule has 3 rings (SSSR count). The molecule has 2 aromatic carbocycles. The van der Waals surface area contributed by atoms with Crippen LogP contribution in [0.2, 0.25) is 0 Å². The number of carbonyl (C=O) groups excluding carboxylic acids is 1. The lowest BCUT2D eigenvalue weighted by atomic mass is 10.0. The van der Waals surface area contributed by atoms with Gasteiger partial charge in [0.1, 0.15) is 5.75 Å². The van der Waals surface area contributed by atoms with Crippen LogP contribution in [-0.2, 0) is 6.42 Å². The number of aromatic nitrogens is 1. The van der Waals surface area contributed by atoms with Gasteiger partial charge < -0.3 is 9.72 Å². The highest BCUT2D eigenvalue weighted by molar-refractivity contribution is 5.97. The van der Waals surface area contributed by atoms with Crippen molar-refractivity contribution in [3.8, 4) is 5.75 Å². The number of halogens is 3. The fraction of sp³-hybridized carbons (Fsp3) is 0.118. The van der Waals surface area contributed by atoms with E-state index in [9.17, 15) is 18.0 Å². The Labute approximate surface area is 129 Å². The second-order valence-corrected chi connectivity index (χ2v) is 5.11. The van der Waals surface area contributed by atoms with Crippen LogP contribution in [-0.4, -0.2) is 17.6 Å². The molecule has 0 unspecified atom stereocenters. The highest BCUT2D eigenvalue weighted by atomic mass is 19.4. The SMILES string of the molecule is O=Cc1c[nH]c2ccc(Cc3cccc(OC(F)(F)F)c3)cc12. The lowest BCUT2D eigenvalue weighted by molar-refractivity contribution is -0.274.